The number of carboxylic acid groups (broad SMARTS) is 1. The Kier molecular flexibility index (Phi) is 4.69. The quantitative estimate of drug-likeness (QED) is 0.843. The molecule has 0 radical (unpaired) electrons. The molecule has 1 amide bonds. The van der Waals surface area contributed by atoms with Crippen LogP contribution >= 0.6 is 0 Å². The van der Waals surface area contributed by atoms with Gasteiger partial charge in [-0.25, -0.2) is 9.59 Å². The summed E-state index contributed by atoms with van der Waals surface area (Å²) < 4.78 is 11.0. The SMILES string of the molecule is CC(C)(C)OC(=O)N1CC(OC(C)(C)C)C[C@@H]1C(=O)O. The molecule has 1 saturated heterocycles. The summed E-state index contributed by atoms with van der Waals surface area (Å²) in [4.78, 5) is 24.6. The highest BCUT2D eigenvalue weighted by molar-refractivity contribution is 5.81. The first-order valence-electron chi connectivity index (χ1n) is 6.79. The minimum Gasteiger partial charge on any atom is -0.480 e. The molecule has 1 unspecified atom stereocenters. The second-order valence-electron chi connectivity index (χ2n) is 7.07. The maximum Gasteiger partial charge on any atom is 0.411 e. The van der Waals surface area contributed by atoms with Gasteiger partial charge >= 0.3 is 12.1 Å². The van der Waals surface area contributed by atoms with Crippen LogP contribution in [0.1, 0.15) is 48.0 Å². The van der Waals surface area contributed by atoms with Gasteiger partial charge in [0, 0.05) is 6.42 Å². The molecule has 6 nitrogen and oxygen atoms in total. The van der Waals surface area contributed by atoms with Gasteiger partial charge < -0.3 is 14.6 Å². The Morgan fingerprint density at radius 1 is 1.10 bits per heavy atom. The Morgan fingerprint density at radius 3 is 2.05 bits per heavy atom. The molecule has 1 heterocycles. The van der Waals surface area contributed by atoms with Crippen LogP contribution in [0.5, 0.6) is 0 Å². The molecule has 1 fully saturated rings. The average Bonchev–Trinajstić information content (AvgIpc) is 2.56. The number of ether oxygens (including phenoxy) is 2. The number of carboxylic acids is 1. The molecule has 1 rings (SSSR count). The van der Waals surface area contributed by atoms with Crippen molar-refractivity contribution in [3.8, 4) is 0 Å². The molecule has 0 aromatic carbocycles. The van der Waals surface area contributed by atoms with Crippen molar-refractivity contribution in [3.05, 3.63) is 0 Å². The monoisotopic (exact) mass is 287 g/mol. The summed E-state index contributed by atoms with van der Waals surface area (Å²) in [6.07, 6.45) is -0.611. The zero-order chi connectivity index (χ0) is 15.7. The number of nitrogens with zero attached hydrogens (tertiary/aromatic N) is 1. The smallest absolute Gasteiger partial charge is 0.411 e. The molecule has 1 aliphatic heterocycles. The number of hydrogen-bond acceptors (Lipinski definition) is 4. The second-order valence-corrected chi connectivity index (χ2v) is 7.07. The zero-order valence-corrected chi connectivity index (χ0v) is 13.1. The van der Waals surface area contributed by atoms with E-state index in [1.165, 1.54) is 4.90 Å². The van der Waals surface area contributed by atoms with Crippen molar-refractivity contribution in [3.63, 3.8) is 0 Å². The van der Waals surface area contributed by atoms with E-state index in [4.69, 9.17) is 9.47 Å². The molecule has 0 aromatic heterocycles. The van der Waals surface area contributed by atoms with Crippen molar-refractivity contribution in [2.45, 2.75) is 71.3 Å². The molecule has 20 heavy (non-hydrogen) atoms. The van der Waals surface area contributed by atoms with Crippen molar-refractivity contribution in [2.24, 2.45) is 0 Å². The van der Waals surface area contributed by atoms with E-state index in [0.717, 1.165) is 0 Å². The summed E-state index contributed by atoms with van der Waals surface area (Å²) in [5.41, 5.74) is -1.03. The molecular formula is C14H25NO5. The summed E-state index contributed by atoms with van der Waals surface area (Å²) in [5, 5.41) is 9.24. The third-order valence-corrected chi connectivity index (χ3v) is 2.70. The first-order valence-corrected chi connectivity index (χ1v) is 6.79. The highest BCUT2D eigenvalue weighted by Crippen LogP contribution is 2.26. The van der Waals surface area contributed by atoms with Crippen LogP contribution in [0.25, 0.3) is 0 Å². The van der Waals surface area contributed by atoms with Crippen molar-refractivity contribution in [1.29, 1.82) is 0 Å². The molecule has 0 spiro atoms. The van der Waals surface area contributed by atoms with Gasteiger partial charge in [0.05, 0.1) is 18.2 Å². The molecule has 0 saturated carbocycles. The first kappa shape index (κ1) is 16.8. The number of carbonyl (C=O) groups is 2. The van der Waals surface area contributed by atoms with E-state index in [1.54, 1.807) is 20.8 Å². The summed E-state index contributed by atoms with van der Waals surface area (Å²) in [6.45, 7) is 11.2. The van der Waals surface area contributed by atoms with Gasteiger partial charge in [0.1, 0.15) is 11.6 Å². The van der Waals surface area contributed by atoms with Crippen molar-refractivity contribution >= 4 is 12.1 Å². The van der Waals surface area contributed by atoms with Crippen molar-refractivity contribution in [2.75, 3.05) is 6.54 Å². The lowest BCUT2D eigenvalue weighted by Crippen LogP contribution is -2.43. The fourth-order valence-corrected chi connectivity index (χ4v) is 2.14. The number of likely N-dealkylation sites (tertiary alicyclic amines) is 1. The van der Waals surface area contributed by atoms with Crippen LogP contribution in [0.15, 0.2) is 0 Å². The van der Waals surface area contributed by atoms with Gasteiger partial charge in [-0.2, -0.15) is 0 Å². The van der Waals surface area contributed by atoms with Crippen LogP contribution in [0.2, 0.25) is 0 Å². The second kappa shape index (κ2) is 5.60. The standard InChI is InChI=1S/C14H25NO5/c1-13(2,3)19-9-7-10(11(16)17)15(8-9)12(18)20-14(4,5)6/h9-10H,7-8H2,1-6H3,(H,16,17)/t9?,10-/m1/s1. The van der Waals surface area contributed by atoms with E-state index < -0.39 is 23.7 Å². The number of carbonyl (C=O) groups excluding carboxylic acids is 1. The maximum absolute atomic E-state index is 12.1. The Bertz CT molecular complexity index is 380. The van der Waals surface area contributed by atoms with Gasteiger partial charge in [-0.15, -0.1) is 0 Å². The van der Waals surface area contributed by atoms with E-state index in [1.807, 2.05) is 20.8 Å². The summed E-state index contributed by atoms with van der Waals surface area (Å²) in [5.74, 6) is -1.03. The van der Waals surface area contributed by atoms with Crippen molar-refractivity contribution in [1.82, 2.24) is 4.90 Å². The summed E-state index contributed by atoms with van der Waals surface area (Å²) >= 11 is 0. The lowest BCUT2D eigenvalue weighted by Gasteiger charge is -2.27. The topological polar surface area (TPSA) is 76.1 Å². The van der Waals surface area contributed by atoms with Gasteiger partial charge in [0.25, 0.3) is 0 Å². The minimum atomic E-state index is -1.03. The molecule has 1 N–H and O–H groups in total. The Hall–Kier alpha value is -1.30. The Morgan fingerprint density at radius 2 is 1.65 bits per heavy atom. The molecule has 0 bridgehead atoms. The molecule has 0 aliphatic carbocycles. The predicted molar refractivity (Wildman–Crippen MR) is 73.6 cm³/mol. The van der Waals surface area contributed by atoms with Crippen LogP contribution in [-0.4, -0.2) is 52.0 Å². The van der Waals surface area contributed by atoms with Crippen LogP contribution in [0.3, 0.4) is 0 Å². The molecule has 6 heteroatoms. The van der Waals surface area contributed by atoms with E-state index in [-0.39, 0.29) is 24.7 Å². The maximum atomic E-state index is 12.1. The van der Waals surface area contributed by atoms with E-state index in [2.05, 4.69) is 0 Å². The van der Waals surface area contributed by atoms with Gasteiger partial charge in [-0.3, -0.25) is 4.90 Å². The number of amides is 1. The van der Waals surface area contributed by atoms with E-state index >= 15 is 0 Å². The fourth-order valence-electron chi connectivity index (χ4n) is 2.14. The minimum absolute atomic E-state index is 0.239. The molecule has 1 aliphatic rings. The van der Waals surface area contributed by atoms with Crippen LogP contribution in [0.4, 0.5) is 4.79 Å². The van der Waals surface area contributed by atoms with Gasteiger partial charge in [0.15, 0.2) is 0 Å². The Labute approximate surface area is 120 Å². The molecular weight excluding hydrogens is 262 g/mol. The predicted octanol–water partition coefficient (Wildman–Crippen LogP) is 2.26. The molecule has 2 atom stereocenters. The fraction of sp³-hybridized carbons (Fsp3) is 0.857. The Balaban J connectivity index is 2.78. The van der Waals surface area contributed by atoms with Gasteiger partial charge in [-0.1, -0.05) is 0 Å². The third kappa shape index (κ3) is 5.00. The average molecular weight is 287 g/mol. The molecule has 0 aromatic rings. The highest BCUT2D eigenvalue weighted by Gasteiger charge is 2.43. The lowest BCUT2D eigenvalue weighted by atomic mass is 10.1. The van der Waals surface area contributed by atoms with Crippen LogP contribution in [-0.2, 0) is 14.3 Å². The zero-order valence-electron chi connectivity index (χ0n) is 13.1. The highest BCUT2D eigenvalue weighted by atomic mass is 16.6. The van der Waals surface area contributed by atoms with Crippen molar-refractivity contribution < 1.29 is 24.2 Å². The van der Waals surface area contributed by atoms with E-state index in [0.29, 0.717) is 0 Å². The summed E-state index contributed by atoms with van der Waals surface area (Å²) in [6, 6.07) is -0.891. The number of hydrogen-bond donors (Lipinski definition) is 1. The molecule has 116 valence electrons. The summed E-state index contributed by atoms with van der Waals surface area (Å²) in [7, 11) is 0. The van der Waals surface area contributed by atoms with Gasteiger partial charge in [-0.05, 0) is 41.5 Å². The van der Waals surface area contributed by atoms with Gasteiger partial charge in [0.2, 0.25) is 0 Å². The number of rotatable bonds is 2. The van der Waals surface area contributed by atoms with E-state index in [9.17, 15) is 14.7 Å². The number of aliphatic carboxylic acids is 1. The van der Waals surface area contributed by atoms with Crippen LogP contribution in [0, 0.1) is 0 Å². The normalized spacial score (nSPS) is 23.8. The third-order valence-electron chi connectivity index (χ3n) is 2.70. The lowest BCUT2D eigenvalue weighted by molar-refractivity contribution is -0.142. The first-order chi connectivity index (χ1) is 8.89. The van der Waals surface area contributed by atoms with Crippen LogP contribution < -0.4 is 0 Å². The largest absolute Gasteiger partial charge is 0.480 e.